The van der Waals surface area contributed by atoms with Crippen molar-refractivity contribution in [3.8, 4) is 0 Å². The SMILES string of the molecule is CC/C=C/C/C=C/C/C=C/CCCCCCC(=O)OC(COCCC(C(=O)O)[N+](C)(C)C)COC(=O)CCCCCCC/C=C/C=C/CCCCCCCCC. The van der Waals surface area contributed by atoms with Crippen LogP contribution in [-0.4, -0.2) is 80.6 Å². The summed E-state index contributed by atoms with van der Waals surface area (Å²) in [4.78, 5) is 37.0. The number of allylic oxidation sites excluding steroid dienone is 10. The van der Waals surface area contributed by atoms with Gasteiger partial charge in [0.05, 0.1) is 34.4 Å². The molecule has 56 heavy (non-hydrogen) atoms. The third-order valence-corrected chi connectivity index (χ3v) is 9.68. The molecule has 0 fully saturated rings. The standard InChI is InChI=1S/C48H83NO7/c1-6-8-10-12-14-16-18-20-22-23-24-25-27-28-30-32-34-36-38-46(50)55-43-44(42-54-41-40-45(48(52)53)49(3,4)5)56-47(51)39-37-35-33-31-29-26-21-19-17-15-13-11-9-7-2/h9,11,15,17,21-26,44-45H,6-8,10,12-14,16,18-20,27-43H2,1-5H3/p+1/b11-9+,17-15+,23-22+,25-24+,26-21+. The predicted molar refractivity (Wildman–Crippen MR) is 234 cm³/mol. The van der Waals surface area contributed by atoms with Crippen LogP contribution in [-0.2, 0) is 28.6 Å². The van der Waals surface area contributed by atoms with E-state index in [-0.39, 0.29) is 36.2 Å². The second-order valence-corrected chi connectivity index (χ2v) is 15.9. The highest BCUT2D eigenvalue weighted by atomic mass is 16.6. The summed E-state index contributed by atoms with van der Waals surface area (Å²) in [7, 11) is 5.51. The predicted octanol–water partition coefficient (Wildman–Crippen LogP) is 12.2. The van der Waals surface area contributed by atoms with E-state index in [0.29, 0.717) is 19.3 Å². The highest BCUT2D eigenvalue weighted by molar-refractivity contribution is 5.72. The fraction of sp³-hybridized carbons (Fsp3) is 0.729. The maximum absolute atomic E-state index is 12.7. The normalized spacial score (nSPS) is 13.5. The number of quaternary nitrogens is 1. The van der Waals surface area contributed by atoms with Crippen LogP contribution in [0, 0.1) is 0 Å². The second-order valence-electron chi connectivity index (χ2n) is 15.9. The van der Waals surface area contributed by atoms with Crippen molar-refractivity contribution >= 4 is 17.9 Å². The summed E-state index contributed by atoms with van der Waals surface area (Å²) in [5.74, 6) is -1.52. The zero-order chi connectivity index (χ0) is 41.4. The van der Waals surface area contributed by atoms with Crippen molar-refractivity contribution in [2.45, 2.75) is 187 Å². The van der Waals surface area contributed by atoms with Gasteiger partial charge in [-0.1, -0.05) is 145 Å². The van der Waals surface area contributed by atoms with Gasteiger partial charge in [0.25, 0.3) is 0 Å². The molecule has 322 valence electrons. The largest absolute Gasteiger partial charge is 0.477 e. The first-order valence-electron chi connectivity index (χ1n) is 22.3. The Bertz CT molecular complexity index is 1100. The molecule has 0 spiro atoms. The van der Waals surface area contributed by atoms with Gasteiger partial charge in [-0.3, -0.25) is 9.59 Å². The molecule has 0 aliphatic carbocycles. The Morgan fingerprint density at radius 1 is 0.571 bits per heavy atom. The number of likely N-dealkylation sites (N-methyl/N-ethyl adjacent to an activating group) is 1. The summed E-state index contributed by atoms with van der Waals surface area (Å²) in [6.45, 7) is 4.57. The van der Waals surface area contributed by atoms with E-state index in [1.165, 1.54) is 51.4 Å². The smallest absolute Gasteiger partial charge is 0.362 e. The molecule has 0 saturated carbocycles. The van der Waals surface area contributed by atoms with Crippen molar-refractivity contribution in [2.75, 3.05) is 41.0 Å². The molecule has 1 N–H and O–H groups in total. The number of hydrogen-bond acceptors (Lipinski definition) is 6. The van der Waals surface area contributed by atoms with Crippen LogP contribution in [0.3, 0.4) is 0 Å². The average Bonchev–Trinajstić information content (AvgIpc) is 3.15. The molecule has 0 bridgehead atoms. The Labute approximate surface area is 343 Å². The molecule has 8 heteroatoms. The molecule has 0 aliphatic heterocycles. The summed E-state index contributed by atoms with van der Waals surface area (Å²) in [6.07, 6.45) is 46.9. The Kier molecular flexibility index (Phi) is 36.8. The number of carboxylic acids is 1. The van der Waals surface area contributed by atoms with E-state index >= 15 is 0 Å². The monoisotopic (exact) mass is 787 g/mol. The van der Waals surface area contributed by atoms with E-state index in [0.717, 1.165) is 89.9 Å². The van der Waals surface area contributed by atoms with Gasteiger partial charge in [0.2, 0.25) is 0 Å². The van der Waals surface area contributed by atoms with E-state index in [9.17, 15) is 19.5 Å². The molecule has 0 aliphatic rings. The lowest BCUT2D eigenvalue weighted by molar-refractivity contribution is -0.887. The van der Waals surface area contributed by atoms with E-state index < -0.39 is 18.1 Å². The lowest BCUT2D eigenvalue weighted by atomic mass is 10.1. The lowest BCUT2D eigenvalue weighted by Gasteiger charge is -2.31. The molecule has 2 atom stereocenters. The highest BCUT2D eigenvalue weighted by Gasteiger charge is 2.31. The van der Waals surface area contributed by atoms with Crippen LogP contribution < -0.4 is 0 Å². The third kappa shape index (κ3) is 36.7. The number of rotatable bonds is 39. The van der Waals surface area contributed by atoms with Crippen LogP contribution in [0.2, 0.25) is 0 Å². The van der Waals surface area contributed by atoms with E-state index in [2.05, 4.69) is 74.6 Å². The van der Waals surface area contributed by atoms with E-state index in [1.807, 2.05) is 21.1 Å². The number of unbranched alkanes of at least 4 members (excludes halogenated alkanes) is 16. The zero-order valence-electron chi connectivity index (χ0n) is 36.6. The number of carboxylic acid groups (broad SMARTS) is 1. The quantitative estimate of drug-likeness (QED) is 0.0218. The highest BCUT2D eigenvalue weighted by Crippen LogP contribution is 2.13. The van der Waals surface area contributed by atoms with Crippen molar-refractivity contribution in [2.24, 2.45) is 0 Å². The molecule has 0 heterocycles. The van der Waals surface area contributed by atoms with Crippen LogP contribution in [0.15, 0.2) is 60.8 Å². The van der Waals surface area contributed by atoms with Crippen molar-refractivity contribution in [1.82, 2.24) is 0 Å². The number of carbonyl (C=O) groups excluding carboxylic acids is 2. The summed E-state index contributed by atoms with van der Waals surface area (Å²) in [5, 5.41) is 9.62. The van der Waals surface area contributed by atoms with Crippen LogP contribution in [0.4, 0.5) is 0 Å². The molecule has 0 aromatic rings. The van der Waals surface area contributed by atoms with Gasteiger partial charge in [-0.2, -0.15) is 0 Å². The maximum atomic E-state index is 12.7. The first kappa shape index (κ1) is 53.0. The van der Waals surface area contributed by atoms with Crippen LogP contribution >= 0.6 is 0 Å². The third-order valence-electron chi connectivity index (χ3n) is 9.68. The number of aliphatic carboxylic acids is 1. The molecular formula is C48H84NO7+. The molecule has 2 unspecified atom stereocenters. The fourth-order valence-corrected chi connectivity index (χ4v) is 6.21. The van der Waals surface area contributed by atoms with Crippen molar-refractivity contribution in [3.05, 3.63) is 60.8 Å². The number of nitrogens with zero attached hydrogens (tertiary/aromatic N) is 1. The molecule has 0 aromatic heterocycles. The number of ether oxygens (including phenoxy) is 3. The summed E-state index contributed by atoms with van der Waals surface area (Å²) < 4.78 is 17.2. The van der Waals surface area contributed by atoms with Crippen LogP contribution in [0.25, 0.3) is 0 Å². The second kappa shape index (κ2) is 38.9. The average molecular weight is 787 g/mol. The first-order chi connectivity index (χ1) is 27.1. The molecule has 0 saturated heterocycles. The number of carbonyl (C=O) groups is 3. The molecule has 8 nitrogen and oxygen atoms in total. The minimum Gasteiger partial charge on any atom is -0.477 e. The van der Waals surface area contributed by atoms with E-state index in [4.69, 9.17) is 14.2 Å². The maximum Gasteiger partial charge on any atom is 0.362 e. The van der Waals surface area contributed by atoms with Gasteiger partial charge in [-0.15, -0.1) is 0 Å². The minimum atomic E-state index is -0.883. The van der Waals surface area contributed by atoms with Crippen molar-refractivity contribution < 1.29 is 38.2 Å². The first-order valence-corrected chi connectivity index (χ1v) is 22.3. The van der Waals surface area contributed by atoms with Crippen molar-refractivity contribution in [3.63, 3.8) is 0 Å². The van der Waals surface area contributed by atoms with Gasteiger partial charge in [0.1, 0.15) is 6.61 Å². The van der Waals surface area contributed by atoms with Gasteiger partial charge < -0.3 is 23.8 Å². The van der Waals surface area contributed by atoms with Gasteiger partial charge >= 0.3 is 17.9 Å². The fourth-order valence-electron chi connectivity index (χ4n) is 6.21. The number of esters is 2. The topological polar surface area (TPSA) is 99.1 Å². The Hall–Kier alpha value is -2.97. The number of hydrogen-bond donors (Lipinski definition) is 1. The zero-order valence-corrected chi connectivity index (χ0v) is 36.6. The van der Waals surface area contributed by atoms with Gasteiger partial charge in [0, 0.05) is 19.3 Å². The summed E-state index contributed by atoms with van der Waals surface area (Å²) in [5.41, 5.74) is 0. The Morgan fingerprint density at radius 2 is 1.05 bits per heavy atom. The van der Waals surface area contributed by atoms with Crippen LogP contribution in [0.1, 0.15) is 174 Å². The molecule has 0 aromatic carbocycles. The Morgan fingerprint density at radius 3 is 1.59 bits per heavy atom. The summed E-state index contributed by atoms with van der Waals surface area (Å²) >= 11 is 0. The Balaban J connectivity index is 4.39. The summed E-state index contributed by atoms with van der Waals surface area (Å²) in [6, 6.07) is -0.623. The van der Waals surface area contributed by atoms with E-state index in [1.54, 1.807) is 0 Å². The lowest BCUT2D eigenvalue weighted by Crippen LogP contribution is -2.50. The molecule has 0 radical (unpaired) electrons. The van der Waals surface area contributed by atoms with Gasteiger partial charge in [-0.05, 0) is 70.6 Å². The molecule has 0 rings (SSSR count). The molecular weight excluding hydrogens is 703 g/mol. The van der Waals surface area contributed by atoms with Gasteiger partial charge in [-0.25, -0.2) is 4.79 Å². The van der Waals surface area contributed by atoms with Crippen molar-refractivity contribution in [1.29, 1.82) is 0 Å². The van der Waals surface area contributed by atoms with Gasteiger partial charge in [0.15, 0.2) is 12.1 Å². The minimum absolute atomic E-state index is 0.0445. The molecule has 0 amide bonds. The van der Waals surface area contributed by atoms with Crippen LogP contribution in [0.5, 0.6) is 0 Å².